The van der Waals surface area contributed by atoms with Crippen molar-refractivity contribution in [3.63, 3.8) is 0 Å². The van der Waals surface area contributed by atoms with E-state index < -0.39 is 4.92 Å². The highest BCUT2D eigenvalue weighted by molar-refractivity contribution is 7.11. The Morgan fingerprint density at radius 2 is 1.79 bits per heavy atom. The van der Waals surface area contributed by atoms with E-state index >= 15 is 0 Å². The molecular formula is C29H27N7O5S. The summed E-state index contributed by atoms with van der Waals surface area (Å²) in [5, 5.41) is 23.7. The molecule has 0 radical (unpaired) electrons. The predicted molar refractivity (Wildman–Crippen MR) is 160 cm³/mol. The van der Waals surface area contributed by atoms with E-state index in [9.17, 15) is 24.5 Å². The van der Waals surface area contributed by atoms with Crippen molar-refractivity contribution in [2.75, 3.05) is 29.9 Å². The van der Waals surface area contributed by atoms with Gasteiger partial charge in [0.25, 0.3) is 17.5 Å². The number of azo groups is 1. The van der Waals surface area contributed by atoms with E-state index in [1.807, 2.05) is 19.1 Å². The molecule has 4 aromatic rings. The molecule has 13 heteroatoms. The molecule has 1 aromatic heterocycles. The summed E-state index contributed by atoms with van der Waals surface area (Å²) >= 11 is 1.07. The zero-order valence-electron chi connectivity index (χ0n) is 22.9. The van der Waals surface area contributed by atoms with Crippen LogP contribution in [0, 0.1) is 10.1 Å². The topological polar surface area (TPSA) is 150 Å². The number of nitro groups is 1. The maximum Gasteiger partial charge on any atom is 0.270 e. The number of hydrogen-bond donors (Lipinski definition) is 1. The second-order valence-corrected chi connectivity index (χ2v) is 10.2. The summed E-state index contributed by atoms with van der Waals surface area (Å²) in [5.74, 6) is -0.751. The van der Waals surface area contributed by atoms with E-state index in [2.05, 4.69) is 24.8 Å². The third-order valence-corrected chi connectivity index (χ3v) is 7.67. The molecule has 3 aromatic carbocycles. The Kier molecular flexibility index (Phi) is 8.29. The largest absolute Gasteiger partial charge is 0.372 e. The number of nitro benzene ring substituents is 1. The van der Waals surface area contributed by atoms with Crippen molar-refractivity contribution in [1.29, 1.82) is 0 Å². The van der Waals surface area contributed by atoms with Gasteiger partial charge in [-0.3, -0.25) is 29.4 Å². The molecule has 12 nitrogen and oxygen atoms in total. The van der Waals surface area contributed by atoms with Crippen LogP contribution in [0.3, 0.4) is 0 Å². The summed E-state index contributed by atoms with van der Waals surface area (Å²) in [5.41, 5.74) is 3.07. The fraction of sp³-hybridized carbons (Fsp3) is 0.241. The molecule has 5 rings (SSSR count). The van der Waals surface area contributed by atoms with Gasteiger partial charge in [0, 0.05) is 49.3 Å². The Hall–Kier alpha value is -5.04. The molecule has 2 heterocycles. The highest BCUT2D eigenvalue weighted by atomic mass is 32.1. The molecule has 1 aliphatic rings. The SMILES string of the molecule is CCC(=O)Nc1cc(N(CC)CCCN2C(=O)c3ccccc3C2=O)ccc1/N=N/c1snc2ccc([N+](=O)[O-])cc12. The number of fused-ring (bicyclic) bond motifs is 2. The molecule has 0 aliphatic carbocycles. The molecule has 0 unspecified atom stereocenters. The van der Waals surface area contributed by atoms with Crippen LogP contribution in [0.25, 0.3) is 10.9 Å². The van der Waals surface area contributed by atoms with Gasteiger partial charge in [0.05, 0.1) is 27.3 Å². The molecule has 1 N–H and O–H groups in total. The highest BCUT2D eigenvalue weighted by Crippen LogP contribution is 2.36. The van der Waals surface area contributed by atoms with Gasteiger partial charge in [-0.25, -0.2) is 0 Å². The lowest BCUT2D eigenvalue weighted by Gasteiger charge is -2.25. The monoisotopic (exact) mass is 585 g/mol. The summed E-state index contributed by atoms with van der Waals surface area (Å²) in [6.45, 7) is 5.24. The summed E-state index contributed by atoms with van der Waals surface area (Å²) in [7, 11) is 0. The molecule has 0 saturated heterocycles. The maximum absolute atomic E-state index is 12.7. The third-order valence-electron chi connectivity index (χ3n) is 6.91. The average Bonchev–Trinajstić information content (AvgIpc) is 3.52. The van der Waals surface area contributed by atoms with Crippen molar-refractivity contribution in [2.45, 2.75) is 26.7 Å². The van der Waals surface area contributed by atoms with Gasteiger partial charge in [0.2, 0.25) is 5.91 Å². The molecule has 0 bridgehead atoms. The fourth-order valence-corrected chi connectivity index (χ4v) is 5.36. The van der Waals surface area contributed by atoms with Gasteiger partial charge in [-0.05, 0) is 61.3 Å². The van der Waals surface area contributed by atoms with Crippen LogP contribution in [0.5, 0.6) is 0 Å². The number of amides is 3. The molecule has 214 valence electrons. The molecular weight excluding hydrogens is 558 g/mol. The Labute approximate surface area is 245 Å². The minimum absolute atomic E-state index is 0.0675. The molecule has 0 atom stereocenters. The molecule has 1 aliphatic heterocycles. The van der Waals surface area contributed by atoms with Crippen molar-refractivity contribution in [1.82, 2.24) is 9.27 Å². The first-order chi connectivity index (χ1) is 20.3. The van der Waals surface area contributed by atoms with Gasteiger partial charge < -0.3 is 10.2 Å². The Bertz CT molecular complexity index is 1700. The normalized spacial score (nSPS) is 12.8. The van der Waals surface area contributed by atoms with Crippen molar-refractivity contribution < 1.29 is 19.3 Å². The minimum Gasteiger partial charge on any atom is -0.372 e. The van der Waals surface area contributed by atoms with Crippen LogP contribution < -0.4 is 10.2 Å². The number of rotatable bonds is 11. The standard InChI is InChI=1S/C29H27N7O5S/c1-3-26(37)30-25-17-18(34(4-2)14-7-15-35-28(38)20-8-5-6-9-21(20)29(35)39)10-13-24(25)31-32-27-22-16-19(36(40)41)11-12-23(22)33-42-27/h5-6,8-13,16-17H,3-4,7,14-15H2,1-2H3,(H,30,37)/b32-31+. The number of nitrogens with one attached hydrogen (secondary N) is 1. The molecule has 0 fully saturated rings. The van der Waals surface area contributed by atoms with Gasteiger partial charge in [0.1, 0.15) is 5.69 Å². The minimum atomic E-state index is -0.478. The Morgan fingerprint density at radius 1 is 1.05 bits per heavy atom. The van der Waals surface area contributed by atoms with Gasteiger partial charge in [-0.1, -0.05) is 19.1 Å². The van der Waals surface area contributed by atoms with Crippen LogP contribution in [0.2, 0.25) is 0 Å². The van der Waals surface area contributed by atoms with E-state index in [1.54, 1.807) is 43.3 Å². The number of anilines is 2. The fourth-order valence-electron chi connectivity index (χ4n) is 4.68. The van der Waals surface area contributed by atoms with Crippen LogP contribution in [-0.4, -0.2) is 51.6 Å². The number of benzene rings is 3. The first-order valence-corrected chi connectivity index (χ1v) is 14.2. The summed E-state index contributed by atoms with van der Waals surface area (Å²) < 4.78 is 4.29. The number of imide groups is 1. The summed E-state index contributed by atoms with van der Waals surface area (Å²) in [6, 6.07) is 16.6. The Morgan fingerprint density at radius 3 is 2.45 bits per heavy atom. The molecule has 42 heavy (non-hydrogen) atoms. The van der Waals surface area contributed by atoms with Crippen LogP contribution >= 0.6 is 11.5 Å². The number of nitrogens with zero attached hydrogens (tertiary/aromatic N) is 6. The van der Waals surface area contributed by atoms with E-state index in [0.717, 1.165) is 17.2 Å². The second-order valence-electron chi connectivity index (χ2n) is 9.49. The van der Waals surface area contributed by atoms with Crippen molar-refractivity contribution in [2.24, 2.45) is 10.2 Å². The van der Waals surface area contributed by atoms with Crippen LogP contribution in [-0.2, 0) is 4.79 Å². The predicted octanol–water partition coefficient (Wildman–Crippen LogP) is 6.48. The molecule has 0 spiro atoms. The van der Waals surface area contributed by atoms with Crippen molar-refractivity contribution >= 4 is 67.9 Å². The van der Waals surface area contributed by atoms with Crippen molar-refractivity contribution in [3.05, 3.63) is 81.9 Å². The van der Waals surface area contributed by atoms with Gasteiger partial charge in [-0.15, -0.1) is 10.2 Å². The quantitative estimate of drug-likeness (QED) is 0.0915. The first kappa shape index (κ1) is 28.5. The van der Waals surface area contributed by atoms with E-state index in [1.165, 1.54) is 17.0 Å². The van der Waals surface area contributed by atoms with Crippen LogP contribution in [0.15, 0.2) is 70.9 Å². The zero-order chi connectivity index (χ0) is 29.8. The Balaban J connectivity index is 1.34. The number of carbonyl (C=O) groups excluding carboxylic acids is 3. The molecule has 3 amide bonds. The van der Waals surface area contributed by atoms with Crippen LogP contribution in [0.4, 0.5) is 27.8 Å². The summed E-state index contributed by atoms with van der Waals surface area (Å²) in [6.07, 6.45) is 0.823. The zero-order valence-corrected chi connectivity index (χ0v) is 23.8. The van der Waals surface area contributed by atoms with E-state index in [-0.39, 0.29) is 36.4 Å². The number of hydrogen-bond acceptors (Lipinski definition) is 10. The first-order valence-electron chi connectivity index (χ1n) is 13.4. The lowest BCUT2D eigenvalue weighted by molar-refractivity contribution is -0.384. The van der Waals surface area contributed by atoms with Gasteiger partial charge in [0.15, 0.2) is 5.00 Å². The highest BCUT2D eigenvalue weighted by Gasteiger charge is 2.34. The van der Waals surface area contributed by atoms with Crippen LogP contribution in [0.1, 0.15) is 47.4 Å². The average molecular weight is 586 g/mol. The lowest BCUT2D eigenvalue weighted by atomic mass is 10.1. The smallest absolute Gasteiger partial charge is 0.270 e. The number of carbonyl (C=O) groups is 3. The van der Waals surface area contributed by atoms with Crippen molar-refractivity contribution in [3.8, 4) is 0 Å². The molecule has 0 saturated carbocycles. The maximum atomic E-state index is 12.7. The third kappa shape index (κ3) is 5.72. The lowest BCUT2D eigenvalue weighted by Crippen LogP contribution is -2.33. The van der Waals surface area contributed by atoms with Gasteiger partial charge in [-0.2, -0.15) is 4.37 Å². The van der Waals surface area contributed by atoms with Gasteiger partial charge >= 0.3 is 0 Å². The van der Waals surface area contributed by atoms with E-state index in [4.69, 9.17) is 0 Å². The number of aromatic nitrogens is 1. The summed E-state index contributed by atoms with van der Waals surface area (Å²) in [4.78, 5) is 51.8. The number of non-ortho nitro benzene ring substituents is 1. The second kappa shape index (κ2) is 12.2. The van der Waals surface area contributed by atoms with E-state index in [0.29, 0.717) is 57.9 Å².